The normalized spacial score (nSPS) is 11.4. The van der Waals surface area contributed by atoms with E-state index in [-0.39, 0.29) is 5.41 Å². The maximum atomic E-state index is 5.88. The van der Waals surface area contributed by atoms with Crippen LogP contribution in [-0.4, -0.2) is 0 Å². The van der Waals surface area contributed by atoms with Gasteiger partial charge in [-0.3, -0.25) is 0 Å². The smallest absolute Gasteiger partial charge is 0.127 e. The van der Waals surface area contributed by atoms with Crippen molar-refractivity contribution in [2.45, 2.75) is 46.0 Å². The van der Waals surface area contributed by atoms with Crippen molar-refractivity contribution in [2.24, 2.45) is 0 Å². The molecule has 0 amide bonds. The molecule has 1 nitrogen and oxygen atoms in total. The molecule has 0 radical (unpaired) electrons. The SMILES string of the molecule is CCCc1ccc(Oc2ccc(C(C)(C)C)cc2)cc1. The van der Waals surface area contributed by atoms with Gasteiger partial charge in [0.2, 0.25) is 0 Å². The summed E-state index contributed by atoms with van der Waals surface area (Å²) in [4.78, 5) is 0. The summed E-state index contributed by atoms with van der Waals surface area (Å²) in [5.74, 6) is 1.79. The van der Waals surface area contributed by atoms with Crippen LogP contribution in [-0.2, 0) is 11.8 Å². The third kappa shape index (κ3) is 3.86. The van der Waals surface area contributed by atoms with Crippen LogP contribution in [0.1, 0.15) is 45.2 Å². The number of aryl methyl sites for hydroxylation is 1. The summed E-state index contributed by atoms with van der Waals surface area (Å²) in [5.41, 5.74) is 2.87. The molecule has 0 fully saturated rings. The average molecular weight is 268 g/mol. The molecule has 0 atom stereocenters. The van der Waals surface area contributed by atoms with Crippen LogP contribution in [0, 0.1) is 0 Å². The van der Waals surface area contributed by atoms with Crippen molar-refractivity contribution in [3.63, 3.8) is 0 Å². The fourth-order valence-electron chi connectivity index (χ4n) is 2.17. The Balaban J connectivity index is 2.06. The molecule has 0 unspecified atom stereocenters. The van der Waals surface area contributed by atoms with Gasteiger partial charge in [-0.25, -0.2) is 0 Å². The Morgan fingerprint density at radius 3 is 1.75 bits per heavy atom. The van der Waals surface area contributed by atoms with Gasteiger partial charge in [-0.15, -0.1) is 0 Å². The molecule has 106 valence electrons. The van der Waals surface area contributed by atoms with Crippen molar-refractivity contribution in [1.82, 2.24) is 0 Å². The molecule has 1 heteroatoms. The van der Waals surface area contributed by atoms with E-state index >= 15 is 0 Å². The molecule has 2 aromatic rings. The van der Waals surface area contributed by atoms with E-state index in [0.717, 1.165) is 17.9 Å². The zero-order valence-corrected chi connectivity index (χ0v) is 12.9. The zero-order valence-electron chi connectivity index (χ0n) is 12.9. The lowest BCUT2D eigenvalue weighted by Crippen LogP contribution is -2.10. The second-order valence-electron chi connectivity index (χ2n) is 6.27. The van der Waals surface area contributed by atoms with Gasteiger partial charge in [-0.2, -0.15) is 0 Å². The fourth-order valence-corrected chi connectivity index (χ4v) is 2.17. The number of hydrogen-bond acceptors (Lipinski definition) is 1. The van der Waals surface area contributed by atoms with Gasteiger partial charge in [0, 0.05) is 0 Å². The van der Waals surface area contributed by atoms with Crippen LogP contribution in [0.25, 0.3) is 0 Å². The van der Waals surface area contributed by atoms with Gasteiger partial charge >= 0.3 is 0 Å². The van der Waals surface area contributed by atoms with E-state index < -0.39 is 0 Å². The predicted molar refractivity (Wildman–Crippen MR) is 85.7 cm³/mol. The van der Waals surface area contributed by atoms with Gasteiger partial charge in [0.05, 0.1) is 0 Å². The molecule has 0 saturated heterocycles. The molecule has 20 heavy (non-hydrogen) atoms. The minimum atomic E-state index is 0.181. The van der Waals surface area contributed by atoms with E-state index in [1.54, 1.807) is 0 Å². The van der Waals surface area contributed by atoms with Crippen LogP contribution in [0.5, 0.6) is 11.5 Å². The summed E-state index contributed by atoms with van der Waals surface area (Å²) >= 11 is 0. The largest absolute Gasteiger partial charge is 0.457 e. The summed E-state index contributed by atoms with van der Waals surface area (Å²) in [6.45, 7) is 8.85. The monoisotopic (exact) mass is 268 g/mol. The molecular weight excluding hydrogens is 244 g/mol. The molecule has 0 spiro atoms. The first-order valence-corrected chi connectivity index (χ1v) is 7.36. The average Bonchev–Trinajstić information content (AvgIpc) is 2.41. The highest BCUT2D eigenvalue weighted by Gasteiger charge is 2.13. The van der Waals surface area contributed by atoms with Crippen molar-refractivity contribution >= 4 is 0 Å². The van der Waals surface area contributed by atoms with Crippen molar-refractivity contribution in [3.05, 3.63) is 59.7 Å². The lowest BCUT2D eigenvalue weighted by atomic mass is 9.87. The van der Waals surface area contributed by atoms with Crippen LogP contribution in [0.4, 0.5) is 0 Å². The number of benzene rings is 2. The van der Waals surface area contributed by atoms with Crippen molar-refractivity contribution in [3.8, 4) is 11.5 Å². The summed E-state index contributed by atoms with van der Waals surface area (Å²) < 4.78 is 5.88. The molecule has 0 bridgehead atoms. The van der Waals surface area contributed by atoms with E-state index in [2.05, 4.69) is 52.0 Å². The summed E-state index contributed by atoms with van der Waals surface area (Å²) in [6, 6.07) is 16.7. The zero-order chi connectivity index (χ0) is 14.6. The van der Waals surface area contributed by atoms with E-state index in [0.29, 0.717) is 0 Å². The van der Waals surface area contributed by atoms with Crippen LogP contribution in [0.15, 0.2) is 48.5 Å². The van der Waals surface area contributed by atoms with Crippen molar-refractivity contribution in [2.75, 3.05) is 0 Å². The molecule has 0 aliphatic carbocycles. The second-order valence-corrected chi connectivity index (χ2v) is 6.27. The lowest BCUT2D eigenvalue weighted by Gasteiger charge is -2.19. The van der Waals surface area contributed by atoms with E-state index in [1.165, 1.54) is 17.5 Å². The Labute approximate surface area is 122 Å². The van der Waals surface area contributed by atoms with Crippen molar-refractivity contribution < 1.29 is 4.74 Å². The van der Waals surface area contributed by atoms with Crippen LogP contribution in [0.2, 0.25) is 0 Å². The van der Waals surface area contributed by atoms with Gasteiger partial charge in [0.1, 0.15) is 11.5 Å². The molecular formula is C19H24O. The van der Waals surface area contributed by atoms with Gasteiger partial charge in [-0.05, 0) is 47.2 Å². The third-order valence-corrected chi connectivity index (χ3v) is 3.42. The number of rotatable bonds is 4. The Kier molecular flexibility index (Phi) is 4.49. The maximum Gasteiger partial charge on any atom is 0.127 e. The number of ether oxygens (including phenoxy) is 1. The topological polar surface area (TPSA) is 9.23 Å². The summed E-state index contributed by atoms with van der Waals surface area (Å²) in [6.07, 6.45) is 2.30. The summed E-state index contributed by atoms with van der Waals surface area (Å²) in [5, 5.41) is 0. The highest BCUT2D eigenvalue weighted by molar-refractivity contribution is 5.36. The van der Waals surface area contributed by atoms with Gasteiger partial charge in [-0.1, -0.05) is 58.4 Å². The highest BCUT2D eigenvalue weighted by atomic mass is 16.5. The first kappa shape index (κ1) is 14.6. The maximum absolute atomic E-state index is 5.88. The molecule has 0 saturated carbocycles. The fraction of sp³-hybridized carbons (Fsp3) is 0.368. The molecule has 0 N–H and O–H groups in total. The standard InChI is InChI=1S/C19H24O/c1-5-6-15-7-11-17(12-8-15)20-18-13-9-16(10-14-18)19(2,3)4/h7-14H,5-6H2,1-4H3. The highest BCUT2D eigenvalue weighted by Crippen LogP contribution is 2.27. The first-order chi connectivity index (χ1) is 9.49. The van der Waals surface area contributed by atoms with Crippen LogP contribution >= 0.6 is 0 Å². The second kappa shape index (κ2) is 6.13. The quantitative estimate of drug-likeness (QED) is 0.688. The molecule has 0 heterocycles. The van der Waals surface area contributed by atoms with Crippen molar-refractivity contribution in [1.29, 1.82) is 0 Å². The van der Waals surface area contributed by atoms with E-state index in [1.807, 2.05) is 24.3 Å². The first-order valence-electron chi connectivity index (χ1n) is 7.36. The molecule has 2 aromatic carbocycles. The van der Waals surface area contributed by atoms with Crippen LogP contribution < -0.4 is 4.74 Å². The minimum absolute atomic E-state index is 0.181. The van der Waals surface area contributed by atoms with Gasteiger partial charge in [0.25, 0.3) is 0 Å². The minimum Gasteiger partial charge on any atom is -0.457 e. The Morgan fingerprint density at radius 2 is 1.30 bits per heavy atom. The summed E-state index contributed by atoms with van der Waals surface area (Å²) in [7, 11) is 0. The Hall–Kier alpha value is -1.76. The third-order valence-electron chi connectivity index (χ3n) is 3.42. The van der Waals surface area contributed by atoms with E-state index in [9.17, 15) is 0 Å². The lowest BCUT2D eigenvalue weighted by molar-refractivity contribution is 0.481. The Morgan fingerprint density at radius 1 is 0.800 bits per heavy atom. The van der Waals surface area contributed by atoms with Crippen LogP contribution in [0.3, 0.4) is 0 Å². The molecule has 0 aromatic heterocycles. The van der Waals surface area contributed by atoms with Gasteiger partial charge in [0.15, 0.2) is 0 Å². The molecule has 2 rings (SSSR count). The number of hydrogen-bond donors (Lipinski definition) is 0. The Bertz CT molecular complexity index is 529. The van der Waals surface area contributed by atoms with E-state index in [4.69, 9.17) is 4.74 Å². The van der Waals surface area contributed by atoms with Gasteiger partial charge < -0.3 is 4.74 Å². The molecule has 0 aliphatic rings. The molecule has 0 aliphatic heterocycles. The predicted octanol–water partition coefficient (Wildman–Crippen LogP) is 5.73.